The van der Waals surface area contributed by atoms with Gasteiger partial charge in [-0.2, -0.15) is 5.10 Å². The lowest BCUT2D eigenvalue weighted by molar-refractivity contribution is -0.137. The second kappa shape index (κ2) is 7.58. The maximum absolute atomic E-state index is 11.9. The Morgan fingerprint density at radius 3 is 2.90 bits per heavy atom. The monoisotopic (exact) mass is 307 g/mol. The second-order valence-corrected chi connectivity index (χ2v) is 5.55. The number of hydrogen-bond acceptors (Lipinski definition) is 4. The van der Waals surface area contributed by atoms with Crippen LogP contribution in [0.5, 0.6) is 0 Å². The summed E-state index contributed by atoms with van der Waals surface area (Å²) in [5, 5.41) is 20.1. The first-order chi connectivity index (χ1) is 10.2. The molecule has 2 rings (SSSR count). The summed E-state index contributed by atoms with van der Waals surface area (Å²) in [6.07, 6.45) is 2.36. The summed E-state index contributed by atoms with van der Waals surface area (Å²) in [6, 6.07) is 5.63. The van der Waals surface area contributed by atoms with E-state index in [9.17, 15) is 9.59 Å². The number of rotatable bonds is 8. The fourth-order valence-corrected chi connectivity index (χ4v) is 2.56. The number of aromatic nitrogens is 2. The molecule has 0 saturated carbocycles. The lowest BCUT2D eigenvalue weighted by atomic mass is 10.2. The van der Waals surface area contributed by atoms with Crippen molar-refractivity contribution in [1.82, 2.24) is 15.5 Å². The van der Waals surface area contributed by atoms with Crippen LogP contribution in [0.15, 0.2) is 23.6 Å². The number of thiophene rings is 1. The summed E-state index contributed by atoms with van der Waals surface area (Å²) in [5.74, 6) is -0.996. The minimum atomic E-state index is -0.781. The van der Waals surface area contributed by atoms with Crippen LogP contribution in [0.4, 0.5) is 0 Å². The highest BCUT2D eigenvalue weighted by atomic mass is 32.1. The van der Waals surface area contributed by atoms with E-state index in [1.807, 2.05) is 17.5 Å². The first-order valence-electron chi connectivity index (χ1n) is 6.76. The lowest BCUT2D eigenvalue weighted by Crippen LogP contribution is -2.24. The Bertz CT molecular complexity index is 592. The van der Waals surface area contributed by atoms with Crippen LogP contribution < -0.4 is 5.32 Å². The fourth-order valence-electron chi connectivity index (χ4n) is 1.87. The molecule has 0 spiro atoms. The number of unbranched alkanes of at least 4 members (excludes halogenated alkanes) is 2. The predicted octanol–water partition coefficient (Wildman–Crippen LogP) is 2.51. The first kappa shape index (κ1) is 15.2. The van der Waals surface area contributed by atoms with E-state index in [-0.39, 0.29) is 12.3 Å². The Kier molecular flexibility index (Phi) is 5.51. The number of aromatic amines is 1. The van der Waals surface area contributed by atoms with Gasteiger partial charge in [0.1, 0.15) is 0 Å². The Labute approximate surface area is 126 Å². The number of nitrogens with zero attached hydrogens (tertiary/aromatic N) is 1. The van der Waals surface area contributed by atoms with Gasteiger partial charge in [-0.15, -0.1) is 11.3 Å². The minimum Gasteiger partial charge on any atom is -0.481 e. The number of nitrogens with one attached hydrogen (secondary N) is 2. The minimum absolute atomic E-state index is 0.178. The molecule has 0 aromatic carbocycles. The Morgan fingerprint density at radius 2 is 2.19 bits per heavy atom. The van der Waals surface area contributed by atoms with E-state index in [1.165, 1.54) is 0 Å². The predicted molar refractivity (Wildman–Crippen MR) is 80.3 cm³/mol. The van der Waals surface area contributed by atoms with Gasteiger partial charge in [0.25, 0.3) is 5.91 Å². The number of H-pyrrole nitrogens is 1. The van der Waals surface area contributed by atoms with Crippen molar-refractivity contribution in [2.75, 3.05) is 6.54 Å². The molecule has 0 saturated heterocycles. The van der Waals surface area contributed by atoms with Crippen molar-refractivity contribution in [2.24, 2.45) is 0 Å². The standard InChI is InChI=1S/C14H17N3O3S/c18-13(19)6-2-1-3-7-15-14(20)11-9-10(16-17-11)12-5-4-8-21-12/h4-5,8-9H,1-3,6-7H2,(H,15,20)(H,16,17)(H,18,19). The van der Waals surface area contributed by atoms with E-state index in [2.05, 4.69) is 15.5 Å². The number of aliphatic carboxylic acids is 1. The van der Waals surface area contributed by atoms with E-state index in [4.69, 9.17) is 5.11 Å². The molecule has 0 bridgehead atoms. The van der Waals surface area contributed by atoms with Crippen LogP contribution in [-0.2, 0) is 4.79 Å². The van der Waals surface area contributed by atoms with E-state index >= 15 is 0 Å². The number of carbonyl (C=O) groups excluding carboxylic acids is 1. The van der Waals surface area contributed by atoms with Crippen molar-refractivity contribution in [1.29, 1.82) is 0 Å². The molecule has 21 heavy (non-hydrogen) atoms. The molecule has 0 fully saturated rings. The maximum atomic E-state index is 11.9. The van der Waals surface area contributed by atoms with Crippen LogP contribution in [0.25, 0.3) is 10.6 Å². The molecule has 2 aromatic heterocycles. The third-order valence-electron chi connectivity index (χ3n) is 2.95. The van der Waals surface area contributed by atoms with Crippen molar-refractivity contribution in [3.8, 4) is 10.6 Å². The number of amides is 1. The highest BCUT2D eigenvalue weighted by molar-refractivity contribution is 7.13. The summed E-state index contributed by atoms with van der Waals surface area (Å²) < 4.78 is 0. The van der Waals surface area contributed by atoms with Crippen molar-refractivity contribution in [3.05, 3.63) is 29.3 Å². The molecule has 7 heteroatoms. The van der Waals surface area contributed by atoms with Gasteiger partial charge in [0.05, 0.1) is 10.6 Å². The molecule has 112 valence electrons. The number of carbonyl (C=O) groups is 2. The van der Waals surface area contributed by atoms with Crippen LogP contribution in [0.2, 0.25) is 0 Å². The molecule has 0 aliphatic rings. The van der Waals surface area contributed by atoms with Gasteiger partial charge in [-0.3, -0.25) is 14.7 Å². The highest BCUT2D eigenvalue weighted by Gasteiger charge is 2.11. The average molecular weight is 307 g/mol. The summed E-state index contributed by atoms with van der Waals surface area (Å²) in [6.45, 7) is 0.527. The van der Waals surface area contributed by atoms with Gasteiger partial charge in [0, 0.05) is 13.0 Å². The van der Waals surface area contributed by atoms with E-state index in [1.54, 1.807) is 17.4 Å². The molecule has 0 atom stereocenters. The quantitative estimate of drug-likeness (QED) is 0.653. The number of carboxylic acids is 1. The van der Waals surface area contributed by atoms with Crippen molar-refractivity contribution in [3.63, 3.8) is 0 Å². The average Bonchev–Trinajstić information content (AvgIpc) is 3.11. The Morgan fingerprint density at radius 1 is 1.33 bits per heavy atom. The molecule has 1 amide bonds. The SMILES string of the molecule is O=C(O)CCCCCNC(=O)c1cc(-c2cccs2)[nH]n1. The lowest BCUT2D eigenvalue weighted by Gasteiger charge is -2.02. The highest BCUT2D eigenvalue weighted by Crippen LogP contribution is 2.22. The van der Waals surface area contributed by atoms with E-state index < -0.39 is 5.97 Å². The zero-order valence-electron chi connectivity index (χ0n) is 11.5. The fraction of sp³-hybridized carbons (Fsp3) is 0.357. The van der Waals surface area contributed by atoms with Gasteiger partial charge >= 0.3 is 5.97 Å². The third kappa shape index (κ3) is 4.71. The Hall–Kier alpha value is -2.15. The van der Waals surface area contributed by atoms with Gasteiger partial charge in [0.15, 0.2) is 5.69 Å². The summed E-state index contributed by atoms with van der Waals surface area (Å²) in [7, 11) is 0. The van der Waals surface area contributed by atoms with Crippen LogP contribution in [0.3, 0.4) is 0 Å². The molecule has 0 unspecified atom stereocenters. The molecule has 0 aliphatic heterocycles. The van der Waals surface area contributed by atoms with Gasteiger partial charge in [-0.25, -0.2) is 0 Å². The number of carboxylic acid groups (broad SMARTS) is 1. The van der Waals surface area contributed by atoms with Crippen molar-refractivity contribution < 1.29 is 14.7 Å². The molecular formula is C14H17N3O3S. The summed E-state index contributed by atoms with van der Waals surface area (Å²) in [5.41, 5.74) is 1.19. The van der Waals surface area contributed by atoms with Crippen molar-refractivity contribution >= 4 is 23.2 Å². The Balaban J connectivity index is 1.73. The van der Waals surface area contributed by atoms with Crippen LogP contribution >= 0.6 is 11.3 Å². The molecule has 2 heterocycles. The topological polar surface area (TPSA) is 95.1 Å². The first-order valence-corrected chi connectivity index (χ1v) is 7.64. The molecular weight excluding hydrogens is 290 g/mol. The van der Waals surface area contributed by atoms with Gasteiger partial charge in [0.2, 0.25) is 0 Å². The largest absolute Gasteiger partial charge is 0.481 e. The molecule has 0 radical (unpaired) electrons. The zero-order chi connectivity index (χ0) is 15.1. The summed E-state index contributed by atoms with van der Waals surface area (Å²) >= 11 is 1.58. The van der Waals surface area contributed by atoms with Crippen molar-refractivity contribution in [2.45, 2.75) is 25.7 Å². The van der Waals surface area contributed by atoms with Gasteiger partial charge < -0.3 is 10.4 Å². The van der Waals surface area contributed by atoms with E-state index in [0.29, 0.717) is 18.7 Å². The second-order valence-electron chi connectivity index (χ2n) is 4.60. The van der Waals surface area contributed by atoms with Crippen LogP contribution in [-0.4, -0.2) is 33.7 Å². The molecule has 2 aromatic rings. The van der Waals surface area contributed by atoms with E-state index in [0.717, 1.165) is 23.4 Å². The van der Waals surface area contributed by atoms with Crippen LogP contribution in [0, 0.1) is 0 Å². The summed E-state index contributed by atoms with van der Waals surface area (Å²) in [4.78, 5) is 23.3. The molecule has 6 nitrogen and oxygen atoms in total. The smallest absolute Gasteiger partial charge is 0.303 e. The normalized spacial score (nSPS) is 10.5. The maximum Gasteiger partial charge on any atom is 0.303 e. The number of hydrogen-bond donors (Lipinski definition) is 3. The zero-order valence-corrected chi connectivity index (χ0v) is 12.3. The van der Waals surface area contributed by atoms with Gasteiger partial charge in [-0.1, -0.05) is 12.5 Å². The molecule has 0 aliphatic carbocycles. The third-order valence-corrected chi connectivity index (χ3v) is 3.85. The van der Waals surface area contributed by atoms with Crippen LogP contribution in [0.1, 0.15) is 36.2 Å². The molecule has 3 N–H and O–H groups in total. The van der Waals surface area contributed by atoms with Gasteiger partial charge in [-0.05, 0) is 30.4 Å².